The van der Waals surface area contributed by atoms with Crippen molar-refractivity contribution < 1.29 is 0 Å². The molecule has 2 heterocycles. The number of nitrogens with one attached hydrogen (secondary N) is 1. The van der Waals surface area contributed by atoms with Crippen LogP contribution in [0.1, 0.15) is 0 Å². The summed E-state index contributed by atoms with van der Waals surface area (Å²) >= 11 is 6.19. The standard InChI is InChI=1S/C7H5N3S2/c11-7-9-6(10-12-7)5-2-1-3-8-4-5/h1-4H,(H,9,10,11). The minimum atomic E-state index is 0.689. The van der Waals surface area contributed by atoms with E-state index >= 15 is 0 Å². The molecule has 0 fully saturated rings. The van der Waals surface area contributed by atoms with Crippen molar-refractivity contribution in [2.45, 2.75) is 0 Å². The van der Waals surface area contributed by atoms with E-state index in [1.807, 2.05) is 12.1 Å². The van der Waals surface area contributed by atoms with Crippen molar-refractivity contribution in [3.05, 3.63) is 28.5 Å². The van der Waals surface area contributed by atoms with E-state index in [1.54, 1.807) is 12.4 Å². The number of rotatable bonds is 1. The van der Waals surface area contributed by atoms with Gasteiger partial charge in [-0.15, -0.1) is 0 Å². The Bertz CT molecular complexity index is 417. The fraction of sp³-hybridized carbons (Fsp3) is 0. The molecule has 0 aromatic carbocycles. The highest BCUT2D eigenvalue weighted by Gasteiger charge is 1.98. The third kappa shape index (κ3) is 1.41. The van der Waals surface area contributed by atoms with Crippen LogP contribution in [0.3, 0.4) is 0 Å². The predicted octanol–water partition coefficient (Wildman–Crippen LogP) is 2.26. The third-order valence-corrected chi connectivity index (χ3v) is 2.24. The van der Waals surface area contributed by atoms with Crippen LogP contribution in [0.2, 0.25) is 0 Å². The van der Waals surface area contributed by atoms with Crippen molar-refractivity contribution in [3.63, 3.8) is 0 Å². The largest absolute Gasteiger partial charge is 0.320 e. The Labute approximate surface area is 78.3 Å². The van der Waals surface area contributed by atoms with Gasteiger partial charge in [-0.3, -0.25) is 4.98 Å². The Morgan fingerprint density at radius 3 is 3.00 bits per heavy atom. The smallest absolute Gasteiger partial charge is 0.178 e. The zero-order chi connectivity index (χ0) is 8.39. The summed E-state index contributed by atoms with van der Waals surface area (Å²) in [7, 11) is 0. The molecule has 0 saturated heterocycles. The van der Waals surface area contributed by atoms with Crippen molar-refractivity contribution >= 4 is 23.8 Å². The molecule has 2 aromatic heterocycles. The lowest BCUT2D eigenvalue weighted by Gasteiger charge is -1.91. The average Bonchev–Trinajstić information content (AvgIpc) is 2.54. The number of nitrogens with zero attached hydrogens (tertiary/aromatic N) is 2. The van der Waals surface area contributed by atoms with Gasteiger partial charge in [0.2, 0.25) is 0 Å². The Hall–Kier alpha value is -1.07. The molecule has 0 aliphatic carbocycles. The van der Waals surface area contributed by atoms with Gasteiger partial charge in [0.15, 0.2) is 9.78 Å². The van der Waals surface area contributed by atoms with Crippen molar-refractivity contribution in [2.24, 2.45) is 0 Å². The van der Waals surface area contributed by atoms with Crippen molar-refractivity contribution in [1.82, 2.24) is 14.3 Å². The molecule has 5 heteroatoms. The minimum Gasteiger partial charge on any atom is -0.320 e. The van der Waals surface area contributed by atoms with Crippen LogP contribution in [0.15, 0.2) is 24.5 Å². The predicted molar refractivity (Wildman–Crippen MR) is 50.5 cm³/mol. The quantitative estimate of drug-likeness (QED) is 0.710. The lowest BCUT2D eigenvalue weighted by molar-refractivity contribution is 1.26. The molecule has 1 N–H and O–H groups in total. The van der Waals surface area contributed by atoms with Crippen LogP contribution in [0.4, 0.5) is 0 Å². The first kappa shape index (κ1) is 7.57. The van der Waals surface area contributed by atoms with Crippen LogP contribution in [0.25, 0.3) is 11.4 Å². The van der Waals surface area contributed by atoms with E-state index in [1.165, 1.54) is 11.5 Å². The highest BCUT2D eigenvalue weighted by atomic mass is 32.2. The Morgan fingerprint density at radius 2 is 2.42 bits per heavy atom. The summed E-state index contributed by atoms with van der Waals surface area (Å²) in [5.41, 5.74) is 0.963. The maximum absolute atomic E-state index is 4.91. The molecular formula is C7H5N3S2. The number of pyridine rings is 1. The van der Waals surface area contributed by atoms with E-state index < -0.39 is 0 Å². The molecule has 0 bridgehead atoms. The van der Waals surface area contributed by atoms with Crippen molar-refractivity contribution in [2.75, 3.05) is 0 Å². The molecule has 0 radical (unpaired) electrons. The normalized spacial score (nSPS) is 10.0. The van der Waals surface area contributed by atoms with E-state index in [0.29, 0.717) is 3.95 Å². The van der Waals surface area contributed by atoms with Crippen LogP contribution in [0.5, 0.6) is 0 Å². The molecule has 60 valence electrons. The van der Waals surface area contributed by atoms with Crippen LogP contribution < -0.4 is 0 Å². The molecule has 0 amide bonds. The van der Waals surface area contributed by atoms with Crippen LogP contribution in [0, 0.1) is 3.95 Å². The van der Waals surface area contributed by atoms with Gasteiger partial charge in [-0.2, -0.15) is 4.37 Å². The summed E-state index contributed by atoms with van der Waals surface area (Å²) in [6.07, 6.45) is 3.48. The van der Waals surface area contributed by atoms with Gasteiger partial charge >= 0.3 is 0 Å². The molecule has 0 saturated carbocycles. The third-order valence-electron chi connectivity index (χ3n) is 1.38. The van der Waals surface area contributed by atoms with E-state index in [0.717, 1.165) is 11.4 Å². The molecule has 0 unspecified atom stereocenters. The van der Waals surface area contributed by atoms with E-state index in [-0.39, 0.29) is 0 Å². The van der Waals surface area contributed by atoms with Gasteiger partial charge in [0.25, 0.3) is 0 Å². The van der Waals surface area contributed by atoms with E-state index in [2.05, 4.69) is 14.3 Å². The Kier molecular flexibility index (Phi) is 1.97. The lowest BCUT2D eigenvalue weighted by atomic mass is 10.3. The highest BCUT2D eigenvalue weighted by molar-refractivity contribution is 7.73. The second kappa shape index (κ2) is 3.12. The van der Waals surface area contributed by atoms with Gasteiger partial charge in [0.1, 0.15) is 0 Å². The van der Waals surface area contributed by atoms with E-state index in [4.69, 9.17) is 12.2 Å². The van der Waals surface area contributed by atoms with Gasteiger partial charge in [0, 0.05) is 18.0 Å². The fourth-order valence-electron chi connectivity index (χ4n) is 0.857. The molecule has 0 spiro atoms. The van der Waals surface area contributed by atoms with Gasteiger partial charge in [0.05, 0.1) is 0 Å². The highest BCUT2D eigenvalue weighted by Crippen LogP contribution is 2.13. The molecule has 12 heavy (non-hydrogen) atoms. The van der Waals surface area contributed by atoms with Crippen molar-refractivity contribution in [3.8, 4) is 11.4 Å². The topological polar surface area (TPSA) is 41.6 Å². The molecule has 2 rings (SSSR count). The fourth-order valence-corrected chi connectivity index (χ4v) is 1.53. The number of aromatic amines is 1. The van der Waals surface area contributed by atoms with E-state index in [9.17, 15) is 0 Å². The Morgan fingerprint density at radius 1 is 1.50 bits per heavy atom. The zero-order valence-electron chi connectivity index (χ0n) is 6.02. The molecule has 0 aliphatic heterocycles. The summed E-state index contributed by atoms with van der Waals surface area (Å²) in [6.45, 7) is 0. The SMILES string of the molecule is S=c1[nH]c(-c2cccnc2)ns1. The number of H-pyrrole nitrogens is 1. The summed E-state index contributed by atoms with van der Waals surface area (Å²) < 4.78 is 4.82. The van der Waals surface area contributed by atoms with Gasteiger partial charge in [-0.25, -0.2) is 0 Å². The second-order valence-corrected chi connectivity index (χ2v) is 3.63. The van der Waals surface area contributed by atoms with Gasteiger partial charge in [-0.1, -0.05) is 0 Å². The van der Waals surface area contributed by atoms with Crippen LogP contribution in [-0.2, 0) is 0 Å². The van der Waals surface area contributed by atoms with Gasteiger partial charge in [-0.05, 0) is 35.9 Å². The first-order valence-electron chi connectivity index (χ1n) is 3.32. The molecule has 3 nitrogen and oxygen atoms in total. The number of hydrogen-bond acceptors (Lipinski definition) is 4. The number of aromatic nitrogens is 3. The molecule has 2 aromatic rings. The minimum absolute atomic E-state index is 0.689. The summed E-state index contributed by atoms with van der Waals surface area (Å²) in [5.74, 6) is 0.790. The Balaban J connectivity index is 2.51. The lowest BCUT2D eigenvalue weighted by Crippen LogP contribution is -1.79. The summed E-state index contributed by atoms with van der Waals surface area (Å²) in [6, 6.07) is 3.80. The molecular weight excluding hydrogens is 190 g/mol. The first-order valence-corrected chi connectivity index (χ1v) is 4.51. The van der Waals surface area contributed by atoms with Crippen molar-refractivity contribution in [1.29, 1.82) is 0 Å². The first-order chi connectivity index (χ1) is 5.86. The molecule has 0 aliphatic rings. The maximum Gasteiger partial charge on any atom is 0.178 e. The second-order valence-electron chi connectivity index (χ2n) is 2.19. The summed E-state index contributed by atoms with van der Waals surface area (Å²) in [4.78, 5) is 6.96. The van der Waals surface area contributed by atoms with Gasteiger partial charge < -0.3 is 4.98 Å². The van der Waals surface area contributed by atoms with Crippen LogP contribution in [-0.4, -0.2) is 14.3 Å². The summed E-state index contributed by atoms with van der Waals surface area (Å²) in [5, 5.41) is 0. The monoisotopic (exact) mass is 195 g/mol. The van der Waals surface area contributed by atoms with Crippen LogP contribution >= 0.6 is 23.8 Å². The maximum atomic E-state index is 4.91. The number of hydrogen-bond donors (Lipinski definition) is 1. The molecule has 0 atom stereocenters. The zero-order valence-corrected chi connectivity index (χ0v) is 7.65. The average molecular weight is 195 g/mol.